The highest BCUT2D eigenvalue weighted by atomic mass is 15.3. The summed E-state index contributed by atoms with van der Waals surface area (Å²) in [5.74, 6) is 1.11. The number of fused-ring (bicyclic) bond motifs is 1. The summed E-state index contributed by atoms with van der Waals surface area (Å²) in [6.07, 6.45) is 1.96. The summed E-state index contributed by atoms with van der Waals surface area (Å²) in [7, 11) is 0. The predicted octanol–water partition coefficient (Wildman–Crippen LogP) is 4.48. The fourth-order valence-corrected chi connectivity index (χ4v) is 3.62. The number of nitrogens with zero attached hydrogens (tertiary/aromatic N) is 4. The maximum atomic E-state index is 4.80. The summed E-state index contributed by atoms with van der Waals surface area (Å²) in [6.45, 7) is 14.8. The van der Waals surface area contributed by atoms with Crippen molar-refractivity contribution in [3.05, 3.63) is 46.8 Å². The summed E-state index contributed by atoms with van der Waals surface area (Å²) < 4.78 is 1.98. The Morgan fingerprint density at radius 2 is 1.58 bits per heavy atom. The molecule has 0 atom stereocenters. The van der Waals surface area contributed by atoms with Gasteiger partial charge in [-0.1, -0.05) is 17.7 Å². The number of hydrogen-bond donors (Lipinski definition) is 0. The van der Waals surface area contributed by atoms with Gasteiger partial charge in [0.1, 0.15) is 5.82 Å². The first-order chi connectivity index (χ1) is 11.5. The molecule has 2 aromatic heterocycles. The Labute approximate surface area is 144 Å². The summed E-state index contributed by atoms with van der Waals surface area (Å²) in [6, 6.07) is 6.57. The van der Waals surface area contributed by atoms with Gasteiger partial charge in [-0.25, -0.2) is 4.98 Å². The van der Waals surface area contributed by atoms with Gasteiger partial charge in [0.2, 0.25) is 0 Å². The van der Waals surface area contributed by atoms with Crippen molar-refractivity contribution in [3.8, 4) is 11.1 Å². The third-order valence-electron chi connectivity index (χ3n) is 4.61. The molecule has 1 aromatic carbocycles. The van der Waals surface area contributed by atoms with Crippen LogP contribution in [0.1, 0.15) is 36.2 Å². The van der Waals surface area contributed by atoms with Crippen molar-refractivity contribution in [3.63, 3.8) is 0 Å². The zero-order valence-electron chi connectivity index (χ0n) is 15.5. The maximum Gasteiger partial charge on any atom is 0.165 e. The Morgan fingerprint density at radius 3 is 2.17 bits per heavy atom. The van der Waals surface area contributed by atoms with Crippen LogP contribution >= 0.6 is 0 Å². The number of aromatic nitrogens is 3. The predicted molar refractivity (Wildman–Crippen MR) is 101 cm³/mol. The zero-order chi connectivity index (χ0) is 17.4. The number of aryl methyl sites for hydroxylation is 4. The smallest absolute Gasteiger partial charge is 0.165 e. The molecule has 3 aromatic rings. The van der Waals surface area contributed by atoms with Gasteiger partial charge in [-0.15, -0.1) is 0 Å². The van der Waals surface area contributed by atoms with E-state index in [1.165, 1.54) is 22.3 Å². The van der Waals surface area contributed by atoms with Crippen molar-refractivity contribution in [2.24, 2.45) is 0 Å². The maximum absolute atomic E-state index is 4.80. The van der Waals surface area contributed by atoms with E-state index in [0.29, 0.717) is 0 Å². The largest absolute Gasteiger partial charge is 0.357 e. The molecule has 3 rings (SSSR count). The standard InChI is InChI=1S/C20H26N4/c1-7-23(8-2)18-11-16(6)22-20-17(12-21-24(18)20)19-14(4)9-13(3)10-15(19)5/h9-12H,7-8H2,1-6H3. The molecule has 0 unspecified atom stereocenters. The second-order valence-corrected chi connectivity index (χ2v) is 6.50. The van der Waals surface area contributed by atoms with Gasteiger partial charge >= 0.3 is 0 Å². The van der Waals surface area contributed by atoms with Crippen LogP contribution in [-0.4, -0.2) is 27.7 Å². The molecule has 0 saturated heterocycles. The van der Waals surface area contributed by atoms with Gasteiger partial charge in [-0.3, -0.25) is 0 Å². The quantitative estimate of drug-likeness (QED) is 0.710. The van der Waals surface area contributed by atoms with E-state index in [0.717, 1.165) is 35.8 Å². The van der Waals surface area contributed by atoms with E-state index in [4.69, 9.17) is 4.98 Å². The first-order valence-electron chi connectivity index (χ1n) is 8.64. The Morgan fingerprint density at radius 1 is 0.958 bits per heavy atom. The van der Waals surface area contributed by atoms with Gasteiger partial charge in [0, 0.05) is 30.4 Å². The average Bonchev–Trinajstić information content (AvgIpc) is 2.91. The lowest BCUT2D eigenvalue weighted by Crippen LogP contribution is -2.25. The Kier molecular flexibility index (Phi) is 4.31. The van der Waals surface area contributed by atoms with Gasteiger partial charge in [-0.2, -0.15) is 9.61 Å². The van der Waals surface area contributed by atoms with E-state index in [1.807, 2.05) is 10.7 Å². The molecular formula is C20H26N4. The minimum Gasteiger partial charge on any atom is -0.357 e. The van der Waals surface area contributed by atoms with Gasteiger partial charge in [0.15, 0.2) is 5.65 Å². The fourth-order valence-electron chi connectivity index (χ4n) is 3.62. The van der Waals surface area contributed by atoms with Crippen LogP contribution in [0.5, 0.6) is 0 Å². The van der Waals surface area contributed by atoms with E-state index in [-0.39, 0.29) is 0 Å². The first kappa shape index (κ1) is 16.5. The molecule has 4 heteroatoms. The Bertz CT molecular complexity index is 865. The van der Waals surface area contributed by atoms with E-state index < -0.39 is 0 Å². The van der Waals surface area contributed by atoms with Crippen LogP contribution in [0.3, 0.4) is 0 Å². The van der Waals surface area contributed by atoms with Crippen molar-refractivity contribution in [2.45, 2.75) is 41.5 Å². The van der Waals surface area contributed by atoms with Crippen LogP contribution in [0.2, 0.25) is 0 Å². The van der Waals surface area contributed by atoms with E-state index >= 15 is 0 Å². The molecule has 0 bridgehead atoms. The van der Waals surface area contributed by atoms with E-state index in [9.17, 15) is 0 Å². The third kappa shape index (κ3) is 2.66. The number of hydrogen-bond acceptors (Lipinski definition) is 3. The number of anilines is 1. The van der Waals surface area contributed by atoms with Gasteiger partial charge in [0.25, 0.3) is 0 Å². The zero-order valence-corrected chi connectivity index (χ0v) is 15.5. The lowest BCUT2D eigenvalue weighted by atomic mass is 9.95. The van der Waals surface area contributed by atoms with Crippen LogP contribution in [-0.2, 0) is 0 Å². The monoisotopic (exact) mass is 322 g/mol. The fraction of sp³-hybridized carbons (Fsp3) is 0.400. The van der Waals surface area contributed by atoms with Crippen molar-refractivity contribution < 1.29 is 0 Å². The van der Waals surface area contributed by atoms with Crippen LogP contribution < -0.4 is 4.90 Å². The molecule has 0 radical (unpaired) electrons. The van der Waals surface area contributed by atoms with Gasteiger partial charge in [-0.05, 0) is 58.2 Å². The molecule has 0 fully saturated rings. The second-order valence-electron chi connectivity index (χ2n) is 6.50. The molecule has 4 nitrogen and oxygen atoms in total. The van der Waals surface area contributed by atoms with Crippen LogP contribution in [0.4, 0.5) is 5.82 Å². The minimum absolute atomic E-state index is 0.937. The molecular weight excluding hydrogens is 296 g/mol. The molecule has 0 aliphatic carbocycles. The number of rotatable bonds is 4. The van der Waals surface area contributed by atoms with Gasteiger partial charge in [0.05, 0.1) is 6.20 Å². The lowest BCUT2D eigenvalue weighted by Gasteiger charge is -2.22. The van der Waals surface area contributed by atoms with Crippen molar-refractivity contribution in [1.29, 1.82) is 0 Å². The van der Waals surface area contributed by atoms with Crippen molar-refractivity contribution in [2.75, 3.05) is 18.0 Å². The topological polar surface area (TPSA) is 33.4 Å². The van der Waals surface area contributed by atoms with E-state index in [1.54, 1.807) is 0 Å². The summed E-state index contributed by atoms with van der Waals surface area (Å²) in [5, 5.41) is 4.67. The van der Waals surface area contributed by atoms with Crippen molar-refractivity contribution >= 4 is 11.5 Å². The van der Waals surface area contributed by atoms with Crippen molar-refractivity contribution in [1.82, 2.24) is 14.6 Å². The second kappa shape index (κ2) is 6.27. The summed E-state index contributed by atoms with van der Waals surface area (Å²) in [4.78, 5) is 7.11. The molecule has 0 spiro atoms. The third-order valence-corrected chi connectivity index (χ3v) is 4.61. The van der Waals surface area contributed by atoms with Gasteiger partial charge < -0.3 is 4.90 Å². The molecule has 2 heterocycles. The highest BCUT2D eigenvalue weighted by Crippen LogP contribution is 2.32. The molecule has 0 amide bonds. The molecule has 0 aliphatic rings. The normalized spacial score (nSPS) is 11.2. The molecule has 0 aliphatic heterocycles. The van der Waals surface area contributed by atoms with Crippen LogP contribution in [0.15, 0.2) is 24.4 Å². The highest BCUT2D eigenvalue weighted by Gasteiger charge is 2.17. The van der Waals surface area contributed by atoms with Crippen LogP contribution in [0, 0.1) is 27.7 Å². The minimum atomic E-state index is 0.937. The highest BCUT2D eigenvalue weighted by molar-refractivity contribution is 5.82. The Hall–Kier alpha value is -2.36. The Balaban J connectivity index is 2.29. The molecule has 24 heavy (non-hydrogen) atoms. The lowest BCUT2D eigenvalue weighted by molar-refractivity contribution is 0.796. The summed E-state index contributed by atoms with van der Waals surface area (Å²) in [5.41, 5.74) is 8.16. The summed E-state index contributed by atoms with van der Waals surface area (Å²) >= 11 is 0. The van der Waals surface area contributed by atoms with E-state index in [2.05, 4.69) is 69.7 Å². The number of benzene rings is 1. The first-order valence-corrected chi connectivity index (χ1v) is 8.64. The molecule has 0 saturated carbocycles. The van der Waals surface area contributed by atoms with Crippen LogP contribution in [0.25, 0.3) is 16.8 Å². The molecule has 0 N–H and O–H groups in total. The SMILES string of the molecule is CCN(CC)c1cc(C)nc2c(-c3c(C)cc(C)cc3C)cnn12. The average molecular weight is 322 g/mol. The molecule has 126 valence electrons.